The van der Waals surface area contributed by atoms with Gasteiger partial charge in [-0.3, -0.25) is 0 Å². The minimum Gasteiger partial charge on any atom is -0.373 e. The average molecular weight is 191 g/mol. The number of rotatable bonds is 1. The standard InChI is InChI=1S/C12H17NO/c1-9-3-2-4-10(7-9)12-8-11(13)5-6-14-12/h2-4,7,11-12H,5-6,8,13H2,1H3. The maximum atomic E-state index is 5.92. The first-order valence-corrected chi connectivity index (χ1v) is 5.19. The van der Waals surface area contributed by atoms with Gasteiger partial charge in [-0.25, -0.2) is 0 Å². The molecule has 2 N–H and O–H groups in total. The van der Waals surface area contributed by atoms with Gasteiger partial charge in [-0.15, -0.1) is 0 Å². The van der Waals surface area contributed by atoms with Gasteiger partial charge in [-0.1, -0.05) is 29.8 Å². The molecular weight excluding hydrogens is 174 g/mol. The monoisotopic (exact) mass is 191 g/mol. The number of nitrogens with two attached hydrogens (primary N) is 1. The molecule has 0 aromatic heterocycles. The molecule has 0 amide bonds. The van der Waals surface area contributed by atoms with Gasteiger partial charge in [0.1, 0.15) is 0 Å². The van der Waals surface area contributed by atoms with Gasteiger partial charge in [0.05, 0.1) is 6.10 Å². The molecule has 0 aliphatic carbocycles. The summed E-state index contributed by atoms with van der Waals surface area (Å²) >= 11 is 0. The third-order valence-electron chi connectivity index (χ3n) is 2.74. The molecule has 2 nitrogen and oxygen atoms in total. The normalized spacial score (nSPS) is 27.6. The highest BCUT2D eigenvalue weighted by Crippen LogP contribution is 2.27. The van der Waals surface area contributed by atoms with Crippen molar-refractivity contribution < 1.29 is 4.74 Å². The van der Waals surface area contributed by atoms with Gasteiger partial charge in [0.25, 0.3) is 0 Å². The Morgan fingerprint density at radius 1 is 1.43 bits per heavy atom. The minimum absolute atomic E-state index is 0.207. The summed E-state index contributed by atoms with van der Waals surface area (Å²) in [5.41, 5.74) is 8.47. The number of hydrogen-bond donors (Lipinski definition) is 1. The van der Waals surface area contributed by atoms with E-state index in [4.69, 9.17) is 10.5 Å². The van der Waals surface area contributed by atoms with Crippen molar-refractivity contribution in [1.82, 2.24) is 0 Å². The van der Waals surface area contributed by atoms with Crippen LogP contribution in [-0.2, 0) is 4.74 Å². The van der Waals surface area contributed by atoms with Gasteiger partial charge in [-0.2, -0.15) is 0 Å². The Bertz CT molecular complexity index is 311. The predicted octanol–water partition coefficient (Wildman–Crippen LogP) is 2.17. The van der Waals surface area contributed by atoms with Crippen LogP contribution >= 0.6 is 0 Å². The molecule has 0 spiro atoms. The predicted molar refractivity (Wildman–Crippen MR) is 57.1 cm³/mol. The van der Waals surface area contributed by atoms with Gasteiger partial charge in [0.15, 0.2) is 0 Å². The SMILES string of the molecule is Cc1cccc(C2CC(N)CCO2)c1. The van der Waals surface area contributed by atoms with Crippen molar-refractivity contribution in [3.05, 3.63) is 35.4 Å². The summed E-state index contributed by atoms with van der Waals surface area (Å²) in [6.45, 7) is 2.89. The molecular formula is C12H17NO. The zero-order valence-electron chi connectivity index (χ0n) is 8.57. The van der Waals surface area contributed by atoms with Crippen LogP contribution in [-0.4, -0.2) is 12.6 Å². The van der Waals surface area contributed by atoms with Crippen LogP contribution in [0.1, 0.15) is 30.1 Å². The molecule has 0 radical (unpaired) electrons. The first-order chi connectivity index (χ1) is 6.75. The summed E-state index contributed by atoms with van der Waals surface area (Å²) in [4.78, 5) is 0. The van der Waals surface area contributed by atoms with Crippen molar-refractivity contribution in [3.63, 3.8) is 0 Å². The van der Waals surface area contributed by atoms with Crippen molar-refractivity contribution >= 4 is 0 Å². The second kappa shape index (κ2) is 4.11. The maximum absolute atomic E-state index is 5.92. The lowest BCUT2D eigenvalue weighted by molar-refractivity contribution is 0.00665. The first kappa shape index (κ1) is 9.69. The van der Waals surface area contributed by atoms with E-state index in [1.165, 1.54) is 11.1 Å². The second-order valence-corrected chi connectivity index (χ2v) is 4.06. The van der Waals surface area contributed by atoms with Crippen molar-refractivity contribution in [3.8, 4) is 0 Å². The molecule has 0 saturated carbocycles. The molecule has 2 atom stereocenters. The molecule has 2 unspecified atom stereocenters. The van der Waals surface area contributed by atoms with E-state index in [0.29, 0.717) is 6.04 Å². The van der Waals surface area contributed by atoms with E-state index in [9.17, 15) is 0 Å². The Kier molecular flexibility index (Phi) is 2.85. The zero-order valence-corrected chi connectivity index (χ0v) is 8.57. The third kappa shape index (κ3) is 2.14. The van der Waals surface area contributed by atoms with Crippen molar-refractivity contribution in [2.75, 3.05) is 6.61 Å². The second-order valence-electron chi connectivity index (χ2n) is 4.06. The van der Waals surface area contributed by atoms with E-state index in [1.54, 1.807) is 0 Å². The molecule has 76 valence electrons. The fourth-order valence-corrected chi connectivity index (χ4v) is 1.93. The summed E-state index contributed by atoms with van der Waals surface area (Å²) in [5.74, 6) is 0. The molecule has 1 heterocycles. The topological polar surface area (TPSA) is 35.2 Å². The number of hydrogen-bond acceptors (Lipinski definition) is 2. The summed E-state index contributed by atoms with van der Waals surface area (Å²) in [6, 6.07) is 8.79. The molecule has 1 aliphatic rings. The van der Waals surface area contributed by atoms with E-state index < -0.39 is 0 Å². The van der Waals surface area contributed by atoms with E-state index >= 15 is 0 Å². The highest BCUT2D eigenvalue weighted by molar-refractivity contribution is 5.24. The maximum Gasteiger partial charge on any atom is 0.0839 e. The lowest BCUT2D eigenvalue weighted by atomic mass is 9.97. The molecule has 1 saturated heterocycles. The molecule has 1 aliphatic heterocycles. The Morgan fingerprint density at radius 3 is 3.00 bits per heavy atom. The van der Waals surface area contributed by atoms with E-state index in [2.05, 4.69) is 31.2 Å². The van der Waals surface area contributed by atoms with E-state index in [1.807, 2.05) is 0 Å². The molecule has 2 heteroatoms. The van der Waals surface area contributed by atoms with Crippen LogP contribution in [0.25, 0.3) is 0 Å². The molecule has 14 heavy (non-hydrogen) atoms. The lowest BCUT2D eigenvalue weighted by Gasteiger charge is -2.27. The Labute approximate surface area is 85.1 Å². The van der Waals surface area contributed by atoms with Crippen LogP contribution in [0.3, 0.4) is 0 Å². The summed E-state index contributed by atoms with van der Waals surface area (Å²) in [7, 11) is 0. The van der Waals surface area contributed by atoms with Gasteiger partial charge in [-0.05, 0) is 25.3 Å². The smallest absolute Gasteiger partial charge is 0.0839 e. The number of benzene rings is 1. The zero-order chi connectivity index (χ0) is 9.97. The van der Waals surface area contributed by atoms with Crippen molar-refractivity contribution in [1.29, 1.82) is 0 Å². The fourth-order valence-electron chi connectivity index (χ4n) is 1.93. The highest BCUT2D eigenvalue weighted by Gasteiger charge is 2.20. The van der Waals surface area contributed by atoms with Crippen LogP contribution in [0.4, 0.5) is 0 Å². The number of aryl methyl sites for hydroxylation is 1. The first-order valence-electron chi connectivity index (χ1n) is 5.19. The van der Waals surface area contributed by atoms with Crippen LogP contribution < -0.4 is 5.73 Å². The van der Waals surface area contributed by atoms with Crippen molar-refractivity contribution in [2.24, 2.45) is 5.73 Å². The van der Waals surface area contributed by atoms with Gasteiger partial charge >= 0.3 is 0 Å². The van der Waals surface area contributed by atoms with Crippen LogP contribution in [0, 0.1) is 6.92 Å². The third-order valence-corrected chi connectivity index (χ3v) is 2.74. The highest BCUT2D eigenvalue weighted by atomic mass is 16.5. The fraction of sp³-hybridized carbons (Fsp3) is 0.500. The molecule has 0 bridgehead atoms. The largest absolute Gasteiger partial charge is 0.373 e. The van der Waals surface area contributed by atoms with E-state index in [0.717, 1.165) is 19.4 Å². The van der Waals surface area contributed by atoms with E-state index in [-0.39, 0.29) is 6.10 Å². The van der Waals surface area contributed by atoms with Crippen LogP contribution in [0.2, 0.25) is 0 Å². The van der Waals surface area contributed by atoms with Gasteiger partial charge in [0.2, 0.25) is 0 Å². The summed E-state index contributed by atoms with van der Waals surface area (Å²) in [5, 5.41) is 0. The Hall–Kier alpha value is -0.860. The van der Waals surface area contributed by atoms with Crippen molar-refractivity contribution in [2.45, 2.75) is 31.9 Å². The molecule has 2 rings (SSSR count). The minimum atomic E-state index is 0.207. The Morgan fingerprint density at radius 2 is 2.29 bits per heavy atom. The van der Waals surface area contributed by atoms with Gasteiger partial charge < -0.3 is 10.5 Å². The summed E-state index contributed by atoms with van der Waals surface area (Å²) in [6.07, 6.45) is 2.14. The lowest BCUT2D eigenvalue weighted by Crippen LogP contribution is -2.30. The molecule has 1 aromatic carbocycles. The van der Waals surface area contributed by atoms with Gasteiger partial charge in [0, 0.05) is 12.6 Å². The molecule has 1 fully saturated rings. The molecule has 1 aromatic rings. The van der Waals surface area contributed by atoms with Crippen LogP contribution in [0.15, 0.2) is 24.3 Å². The number of ether oxygens (including phenoxy) is 1. The quantitative estimate of drug-likeness (QED) is 0.738. The average Bonchev–Trinajstić information content (AvgIpc) is 2.18. The van der Waals surface area contributed by atoms with Crippen LogP contribution in [0.5, 0.6) is 0 Å². The Balaban J connectivity index is 2.14. The summed E-state index contributed by atoms with van der Waals surface area (Å²) < 4.78 is 5.71.